The van der Waals surface area contributed by atoms with Gasteiger partial charge >= 0.3 is 0 Å². The highest BCUT2D eigenvalue weighted by molar-refractivity contribution is 5.79. The molecule has 0 amide bonds. The van der Waals surface area contributed by atoms with Gasteiger partial charge in [-0.3, -0.25) is 4.40 Å². The maximum atomic E-state index is 4.80. The van der Waals surface area contributed by atoms with Crippen molar-refractivity contribution in [2.24, 2.45) is 0 Å². The van der Waals surface area contributed by atoms with Crippen LogP contribution in [-0.2, 0) is 0 Å². The average Bonchev–Trinajstić information content (AvgIpc) is 3.15. The summed E-state index contributed by atoms with van der Waals surface area (Å²) in [5.74, 6) is 0. The molecule has 0 aliphatic carbocycles. The predicted molar refractivity (Wildman–Crippen MR) is 80.4 cm³/mol. The van der Waals surface area contributed by atoms with Crippen molar-refractivity contribution in [1.82, 2.24) is 19.7 Å². The van der Waals surface area contributed by atoms with Gasteiger partial charge in [0.05, 0.1) is 11.4 Å². The van der Waals surface area contributed by atoms with Crippen molar-refractivity contribution in [2.45, 2.75) is 6.42 Å². The Bertz CT molecular complexity index is 765. The first-order chi connectivity index (χ1) is 9.93. The minimum Gasteiger partial charge on any atom is -0.360 e. The Kier molecular flexibility index (Phi) is 2.67. The molecular formula is C16H16N4. The van der Waals surface area contributed by atoms with E-state index >= 15 is 0 Å². The highest BCUT2D eigenvalue weighted by Crippen LogP contribution is 2.30. The Morgan fingerprint density at radius 2 is 2.15 bits per heavy atom. The zero-order valence-electron chi connectivity index (χ0n) is 11.1. The van der Waals surface area contributed by atoms with Crippen LogP contribution in [0.4, 0.5) is 0 Å². The highest BCUT2D eigenvalue weighted by atomic mass is 15.0. The average molecular weight is 264 g/mol. The summed E-state index contributed by atoms with van der Waals surface area (Å²) in [4.78, 5) is 8.08. The molecule has 4 rings (SSSR count). The molecule has 1 aliphatic rings. The molecule has 3 aromatic rings. The second kappa shape index (κ2) is 4.65. The van der Waals surface area contributed by atoms with Crippen LogP contribution >= 0.6 is 0 Å². The number of nitrogens with zero attached hydrogens (tertiary/aromatic N) is 2. The number of nitrogens with one attached hydrogen (secondary N) is 2. The molecule has 0 fully saturated rings. The summed E-state index contributed by atoms with van der Waals surface area (Å²) >= 11 is 0. The van der Waals surface area contributed by atoms with E-state index in [0.29, 0.717) is 0 Å². The molecule has 0 saturated heterocycles. The lowest BCUT2D eigenvalue weighted by Crippen LogP contribution is -2.20. The van der Waals surface area contributed by atoms with Gasteiger partial charge in [0.15, 0.2) is 0 Å². The quantitative estimate of drug-likeness (QED) is 0.747. The molecule has 0 aromatic carbocycles. The van der Waals surface area contributed by atoms with Gasteiger partial charge in [0.1, 0.15) is 11.3 Å². The first kappa shape index (κ1) is 11.5. The first-order valence-corrected chi connectivity index (χ1v) is 6.94. The highest BCUT2D eigenvalue weighted by Gasteiger charge is 2.18. The third kappa shape index (κ3) is 1.77. The largest absolute Gasteiger partial charge is 0.360 e. The van der Waals surface area contributed by atoms with Gasteiger partial charge in [0.2, 0.25) is 0 Å². The number of H-pyrrole nitrogens is 1. The molecule has 4 nitrogen and oxygen atoms in total. The summed E-state index contributed by atoms with van der Waals surface area (Å²) in [6.45, 7) is 1.95. The number of aromatic nitrogens is 3. The van der Waals surface area contributed by atoms with Crippen molar-refractivity contribution in [3.63, 3.8) is 0 Å². The molecule has 0 bridgehead atoms. The van der Waals surface area contributed by atoms with Crippen LogP contribution in [0, 0.1) is 0 Å². The summed E-state index contributed by atoms with van der Waals surface area (Å²) in [5.41, 5.74) is 5.68. The molecule has 0 spiro atoms. The lowest BCUT2D eigenvalue weighted by atomic mass is 10.0. The lowest BCUT2D eigenvalue weighted by molar-refractivity contribution is 0.736. The van der Waals surface area contributed by atoms with Crippen LogP contribution in [0.3, 0.4) is 0 Å². The van der Waals surface area contributed by atoms with Crippen molar-refractivity contribution in [3.8, 4) is 11.4 Å². The molecule has 1 aliphatic heterocycles. The topological polar surface area (TPSA) is 45.1 Å². The molecule has 0 saturated carbocycles. The SMILES string of the molecule is C1=C(c2c(-c3ccc[nH]3)nc3ccccn23)CCNC1. The Morgan fingerprint density at radius 1 is 1.15 bits per heavy atom. The summed E-state index contributed by atoms with van der Waals surface area (Å²) in [7, 11) is 0. The number of fused-ring (bicyclic) bond motifs is 1. The summed E-state index contributed by atoms with van der Waals surface area (Å²) in [6.07, 6.45) is 7.34. The van der Waals surface area contributed by atoms with E-state index in [1.54, 1.807) is 0 Å². The van der Waals surface area contributed by atoms with E-state index in [2.05, 4.69) is 45.2 Å². The molecule has 100 valence electrons. The van der Waals surface area contributed by atoms with Crippen LogP contribution in [0.25, 0.3) is 22.6 Å². The molecule has 3 aromatic heterocycles. The fourth-order valence-electron chi connectivity index (χ4n) is 2.81. The molecular weight excluding hydrogens is 248 g/mol. The molecule has 20 heavy (non-hydrogen) atoms. The fraction of sp³-hybridized carbons (Fsp3) is 0.188. The van der Waals surface area contributed by atoms with Crippen LogP contribution < -0.4 is 5.32 Å². The zero-order valence-corrected chi connectivity index (χ0v) is 11.1. The van der Waals surface area contributed by atoms with Gasteiger partial charge in [-0.25, -0.2) is 4.98 Å². The molecule has 0 atom stereocenters. The van der Waals surface area contributed by atoms with E-state index < -0.39 is 0 Å². The second-order valence-corrected chi connectivity index (χ2v) is 5.01. The van der Waals surface area contributed by atoms with Gasteiger partial charge in [-0.05, 0) is 42.8 Å². The number of aromatic amines is 1. The Morgan fingerprint density at radius 3 is 2.95 bits per heavy atom. The van der Waals surface area contributed by atoms with Crippen LogP contribution in [0.1, 0.15) is 12.1 Å². The molecule has 0 radical (unpaired) electrons. The first-order valence-electron chi connectivity index (χ1n) is 6.94. The van der Waals surface area contributed by atoms with Crippen molar-refractivity contribution in [1.29, 1.82) is 0 Å². The van der Waals surface area contributed by atoms with Gasteiger partial charge in [-0.2, -0.15) is 0 Å². The minimum absolute atomic E-state index is 0.930. The van der Waals surface area contributed by atoms with E-state index in [1.165, 1.54) is 11.3 Å². The minimum atomic E-state index is 0.930. The summed E-state index contributed by atoms with van der Waals surface area (Å²) in [5, 5.41) is 3.37. The summed E-state index contributed by atoms with van der Waals surface area (Å²) in [6, 6.07) is 10.2. The lowest BCUT2D eigenvalue weighted by Gasteiger charge is -2.15. The Hall–Kier alpha value is -2.33. The normalized spacial score (nSPS) is 15.5. The number of pyridine rings is 1. The standard InChI is InChI=1S/C16H16N4/c1-2-11-20-14(5-1)19-15(13-4-3-8-18-13)16(20)12-6-9-17-10-7-12/h1-6,8,11,17-18H,7,9-10H2. The number of hydrogen-bond donors (Lipinski definition) is 2. The van der Waals surface area contributed by atoms with E-state index in [1.807, 2.05) is 18.3 Å². The monoisotopic (exact) mass is 264 g/mol. The summed E-state index contributed by atoms with van der Waals surface area (Å²) < 4.78 is 2.19. The number of hydrogen-bond acceptors (Lipinski definition) is 2. The molecule has 4 heteroatoms. The molecule has 2 N–H and O–H groups in total. The Balaban J connectivity index is 2.00. The van der Waals surface area contributed by atoms with Crippen molar-refractivity contribution < 1.29 is 0 Å². The van der Waals surface area contributed by atoms with E-state index in [9.17, 15) is 0 Å². The fourth-order valence-corrected chi connectivity index (χ4v) is 2.81. The van der Waals surface area contributed by atoms with E-state index in [-0.39, 0.29) is 0 Å². The third-order valence-electron chi connectivity index (χ3n) is 3.75. The van der Waals surface area contributed by atoms with Gasteiger partial charge < -0.3 is 10.3 Å². The van der Waals surface area contributed by atoms with Crippen LogP contribution in [0.2, 0.25) is 0 Å². The number of rotatable bonds is 2. The van der Waals surface area contributed by atoms with E-state index in [4.69, 9.17) is 4.98 Å². The molecule has 0 unspecified atom stereocenters. The molecule has 4 heterocycles. The number of imidazole rings is 1. The van der Waals surface area contributed by atoms with Crippen LogP contribution in [0.5, 0.6) is 0 Å². The zero-order chi connectivity index (χ0) is 13.4. The van der Waals surface area contributed by atoms with Crippen LogP contribution in [-0.4, -0.2) is 27.5 Å². The van der Waals surface area contributed by atoms with Crippen LogP contribution in [0.15, 0.2) is 48.8 Å². The smallest absolute Gasteiger partial charge is 0.138 e. The van der Waals surface area contributed by atoms with Gasteiger partial charge in [0.25, 0.3) is 0 Å². The van der Waals surface area contributed by atoms with Crippen molar-refractivity contribution in [2.75, 3.05) is 13.1 Å². The maximum absolute atomic E-state index is 4.80. The second-order valence-electron chi connectivity index (χ2n) is 5.01. The predicted octanol–water partition coefficient (Wildman–Crippen LogP) is 2.71. The maximum Gasteiger partial charge on any atom is 0.138 e. The third-order valence-corrected chi connectivity index (χ3v) is 3.75. The van der Waals surface area contributed by atoms with Crippen molar-refractivity contribution in [3.05, 3.63) is 54.5 Å². The van der Waals surface area contributed by atoms with Gasteiger partial charge in [-0.1, -0.05) is 12.1 Å². The van der Waals surface area contributed by atoms with Crippen molar-refractivity contribution >= 4 is 11.2 Å². The Labute approximate surface area is 117 Å². The van der Waals surface area contributed by atoms with Gasteiger partial charge in [0, 0.05) is 18.9 Å². The van der Waals surface area contributed by atoms with Gasteiger partial charge in [-0.15, -0.1) is 0 Å². The van der Waals surface area contributed by atoms with E-state index in [0.717, 1.165) is 36.5 Å².